The van der Waals surface area contributed by atoms with Crippen molar-refractivity contribution in [2.24, 2.45) is 0 Å². The molecule has 29 heavy (non-hydrogen) atoms. The van der Waals surface area contributed by atoms with E-state index in [1.165, 1.54) is 19.2 Å². The maximum Gasteiger partial charge on any atom is 0.270 e. The predicted molar refractivity (Wildman–Crippen MR) is 99.4 cm³/mol. The van der Waals surface area contributed by atoms with Gasteiger partial charge in [-0.15, -0.1) is 0 Å². The summed E-state index contributed by atoms with van der Waals surface area (Å²) in [6, 6.07) is 7.00. The van der Waals surface area contributed by atoms with Crippen LogP contribution in [0.5, 0.6) is 11.5 Å². The number of nitrogens with one attached hydrogen (secondary N) is 1. The Kier molecular flexibility index (Phi) is 5.80. The lowest BCUT2D eigenvalue weighted by atomic mass is 10.0. The summed E-state index contributed by atoms with van der Waals surface area (Å²) in [5, 5.41) is 8.61. The SMILES string of the molecule is COc1cc(C#N)cc(F)c1-c1c[nH]c(=O)c(Cl)c1OCc1ccc(F)cc1F. The molecule has 0 radical (unpaired) electrons. The highest BCUT2D eigenvalue weighted by Gasteiger charge is 2.22. The highest BCUT2D eigenvalue weighted by molar-refractivity contribution is 6.32. The van der Waals surface area contributed by atoms with Crippen LogP contribution in [0.25, 0.3) is 11.1 Å². The maximum absolute atomic E-state index is 14.7. The molecule has 3 aromatic rings. The molecule has 0 unspecified atom stereocenters. The van der Waals surface area contributed by atoms with Crippen molar-refractivity contribution < 1.29 is 22.6 Å². The number of nitriles is 1. The second kappa shape index (κ2) is 8.29. The molecule has 0 amide bonds. The van der Waals surface area contributed by atoms with Gasteiger partial charge in [0, 0.05) is 23.4 Å². The fourth-order valence-electron chi connectivity index (χ4n) is 2.67. The fourth-order valence-corrected chi connectivity index (χ4v) is 2.88. The van der Waals surface area contributed by atoms with E-state index in [1.54, 1.807) is 6.07 Å². The van der Waals surface area contributed by atoms with Crippen molar-refractivity contribution in [1.29, 1.82) is 5.26 Å². The first kappa shape index (κ1) is 20.3. The third kappa shape index (κ3) is 4.05. The van der Waals surface area contributed by atoms with Crippen LogP contribution in [-0.4, -0.2) is 12.1 Å². The van der Waals surface area contributed by atoms with Crippen LogP contribution in [0, 0.1) is 28.8 Å². The summed E-state index contributed by atoms with van der Waals surface area (Å²) in [6.45, 7) is -0.400. The third-order valence-corrected chi connectivity index (χ3v) is 4.39. The van der Waals surface area contributed by atoms with E-state index in [9.17, 15) is 18.0 Å². The van der Waals surface area contributed by atoms with E-state index >= 15 is 0 Å². The molecule has 3 rings (SSSR count). The van der Waals surface area contributed by atoms with Crippen molar-refractivity contribution >= 4 is 11.6 Å². The van der Waals surface area contributed by atoms with Gasteiger partial charge in [-0.05, 0) is 24.3 Å². The van der Waals surface area contributed by atoms with Gasteiger partial charge in [-0.1, -0.05) is 11.6 Å². The van der Waals surface area contributed by atoms with Crippen LogP contribution < -0.4 is 15.0 Å². The Balaban J connectivity index is 2.12. The molecule has 0 atom stereocenters. The van der Waals surface area contributed by atoms with Crippen molar-refractivity contribution in [2.75, 3.05) is 7.11 Å². The van der Waals surface area contributed by atoms with Crippen molar-refractivity contribution in [3.05, 3.63) is 80.5 Å². The molecule has 2 aromatic carbocycles. The Hall–Kier alpha value is -3.44. The van der Waals surface area contributed by atoms with Gasteiger partial charge in [0.25, 0.3) is 5.56 Å². The number of hydrogen-bond acceptors (Lipinski definition) is 4. The summed E-state index contributed by atoms with van der Waals surface area (Å²) in [5.74, 6) is -2.65. The van der Waals surface area contributed by atoms with Gasteiger partial charge in [0.2, 0.25) is 0 Å². The molecule has 0 saturated carbocycles. The van der Waals surface area contributed by atoms with E-state index in [0.717, 1.165) is 18.3 Å². The van der Waals surface area contributed by atoms with E-state index in [2.05, 4.69) is 4.98 Å². The molecule has 1 N–H and O–H groups in total. The van der Waals surface area contributed by atoms with E-state index in [-0.39, 0.29) is 33.8 Å². The maximum atomic E-state index is 14.7. The molecule has 0 aliphatic rings. The van der Waals surface area contributed by atoms with Gasteiger partial charge in [-0.3, -0.25) is 4.79 Å². The largest absolute Gasteiger partial charge is 0.496 e. The van der Waals surface area contributed by atoms with Gasteiger partial charge < -0.3 is 14.5 Å². The Labute approximate surface area is 167 Å². The summed E-state index contributed by atoms with van der Waals surface area (Å²) in [5.41, 5.74) is -0.774. The number of H-pyrrole nitrogens is 1. The lowest BCUT2D eigenvalue weighted by Gasteiger charge is -2.16. The zero-order chi connectivity index (χ0) is 21.1. The Bertz CT molecular complexity index is 1190. The molecular weight excluding hydrogens is 409 g/mol. The summed E-state index contributed by atoms with van der Waals surface area (Å²) in [4.78, 5) is 14.3. The van der Waals surface area contributed by atoms with Gasteiger partial charge in [0.1, 0.15) is 34.8 Å². The second-order valence-corrected chi connectivity index (χ2v) is 6.22. The zero-order valence-electron chi connectivity index (χ0n) is 14.9. The number of nitrogens with zero attached hydrogens (tertiary/aromatic N) is 1. The Morgan fingerprint density at radius 1 is 1.17 bits per heavy atom. The average molecular weight is 421 g/mol. The zero-order valence-corrected chi connectivity index (χ0v) is 15.6. The number of pyridine rings is 1. The standard InChI is InChI=1S/C20H12ClF3N2O3/c1-28-16-5-10(7-25)4-15(24)17(16)13-8-26-20(27)18(21)19(13)29-9-11-2-3-12(22)6-14(11)23/h2-6,8H,9H2,1H3,(H,26,27). The van der Waals surface area contributed by atoms with Crippen molar-refractivity contribution in [3.8, 4) is 28.7 Å². The lowest BCUT2D eigenvalue weighted by molar-refractivity contribution is 0.300. The van der Waals surface area contributed by atoms with Crippen molar-refractivity contribution in [1.82, 2.24) is 4.98 Å². The molecule has 148 valence electrons. The smallest absolute Gasteiger partial charge is 0.270 e. The van der Waals surface area contributed by atoms with Gasteiger partial charge >= 0.3 is 0 Å². The number of methoxy groups -OCH3 is 1. The van der Waals surface area contributed by atoms with Crippen LogP contribution in [-0.2, 0) is 6.61 Å². The van der Waals surface area contributed by atoms with Crippen LogP contribution in [0.4, 0.5) is 13.2 Å². The molecule has 0 fully saturated rings. The first-order chi connectivity index (χ1) is 13.8. The van der Waals surface area contributed by atoms with E-state index in [1.807, 2.05) is 0 Å². The topological polar surface area (TPSA) is 75.1 Å². The summed E-state index contributed by atoms with van der Waals surface area (Å²) < 4.78 is 52.4. The summed E-state index contributed by atoms with van der Waals surface area (Å²) in [7, 11) is 1.28. The first-order valence-electron chi connectivity index (χ1n) is 8.11. The third-order valence-electron chi connectivity index (χ3n) is 4.05. The van der Waals surface area contributed by atoms with Crippen LogP contribution in [0.2, 0.25) is 5.02 Å². The quantitative estimate of drug-likeness (QED) is 0.656. The Morgan fingerprint density at radius 3 is 2.59 bits per heavy atom. The van der Waals surface area contributed by atoms with Crippen LogP contribution in [0.3, 0.4) is 0 Å². The molecule has 0 saturated heterocycles. The van der Waals surface area contributed by atoms with E-state index in [0.29, 0.717) is 6.07 Å². The fraction of sp³-hybridized carbons (Fsp3) is 0.100. The normalized spacial score (nSPS) is 10.5. The van der Waals surface area contributed by atoms with Gasteiger partial charge in [-0.25, -0.2) is 13.2 Å². The number of ether oxygens (including phenoxy) is 2. The van der Waals surface area contributed by atoms with Gasteiger partial charge in [0.05, 0.1) is 24.3 Å². The highest BCUT2D eigenvalue weighted by Crippen LogP contribution is 2.41. The van der Waals surface area contributed by atoms with Gasteiger partial charge in [-0.2, -0.15) is 5.26 Å². The monoisotopic (exact) mass is 420 g/mol. The van der Waals surface area contributed by atoms with Crippen molar-refractivity contribution in [3.63, 3.8) is 0 Å². The van der Waals surface area contributed by atoms with Crippen LogP contribution >= 0.6 is 11.6 Å². The molecular formula is C20H12ClF3N2O3. The summed E-state index contributed by atoms with van der Waals surface area (Å²) >= 11 is 6.05. The van der Waals surface area contributed by atoms with Crippen molar-refractivity contribution in [2.45, 2.75) is 6.61 Å². The first-order valence-corrected chi connectivity index (χ1v) is 8.49. The molecule has 1 aromatic heterocycles. The number of halogens is 4. The predicted octanol–water partition coefficient (Wildman–Crippen LogP) is 4.57. The number of rotatable bonds is 5. The summed E-state index contributed by atoms with van der Waals surface area (Å²) in [6.07, 6.45) is 1.16. The minimum atomic E-state index is -0.852. The molecule has 0 aliphatic carbocycles. The van der Waals surface area contributed by atoms with Gasteiger partial charge in [0.15, 0.2) is 5.75 Å². The van der Waals surface area contributed by atoms with E-state index in [4.69, 9.17) is 26.3 Å². The molecule has 0 aliphatic heterocycles. The average Bonchev–Trinajstić information content (AvgIpc) is 2.70. The molecule has 1 heterocycles. The van der Waals surface area contributed by atoms with E-state index < -0.39 is 34.6 Å². The lowest BCUT2D eigenvalue weighted by Crippen LogP contribution is -2.11. The molecule has 9 heteroatoms. The molecule has 0 bridgehead atoms. The molecule has 5 nitrogen and oxygen atoms in total. The minimum Gasteiger partial charge on any atom is -0.496 e. The minimum absolute atomic E-state index is 0.000892. The molecule has 0 spiro atoms. The second-order valence-electron chi connectivity index (χ2n) is 5.85. The highest BCUT2D eigenvalue weighted by atomic mass is 35.5. The van der Waals surface area contributed by atoms with Crippen LogP contribution in [0.1, 0.15) is 11.1 Å². The Morgan fingerprint density at radius 2 is 1.93 bits per heavy atom. The number of aromatic amines is 1. The number of benzene rings is 2. The number of hydrogen-bond donors (Lipinski definition) is 1. The van der Waals surface area contributed by atoms with Crippen LogP contribution in [0.15, 0.2) is 41.3 Å². The number of aromatic nitrogens is 1.